The van der Waals surface area contributed by atoms with Crippen LogP contribution in [-0.2, 0) is 0 Å². The minimum atomic E-state index is -0.491. The number of fused-ring (bicyclic) bond motifs is 1. The summed E-state index contributed by atoms with van der Waals surface area (Å²) in [6.45, 7) is 4.57. The number of pyridine rings is 3. The molecule has 192 valence electrons. The molecule has 5 heterocycles. The van der Waals surface area contributed by atoms with Crippen LogP contribution in [0.1, 0.15) is 46.7 Å². The van der Waals surface area contributed by atoms with Gasteiger partial charge in [-0.1, -0.05) is 0 Å². The Hall–Kier alpha value is -4.25. The Labute approximate surface area is 221 Å². The van der Waals surface area contributed by atoms with Crippen molar-refractivity contribution >= 4 is 28.3 Å². The number of hydrogen-bond acceptors (Lipinski definition) is 8. The van der Waals surface area contributed by atoms with Crippen molar-refractivity contribution in [2.75, 3.05) is 6.61 Å². The zero-order valence-electron chi connectivity index (χ0n) is 20.8. The molecule has 0 aromatic carbocycles. The molecule has 6 rings (SSSR count). The van der Waals surface area contributed by atoms with Crippen LogP contribution >= 0.6 is 11.3 Å². The maximum Gasteiger partial charge on any atom is 0.253 e. The summed E-state index contributed by atoms with van der Waals surface area (Å²) in [7, 11) is 0. The van der Waals surface area contributed by atoms with Gasteiger partial charge < -0.3 is 10.1 Å². The molecule has 0 bridgehead atoms. The molecule has 11 heteroatoms. The van der Waals surface area contributed by atoms with Gasteiger partial charge in [-0.25, -0.2) is 9.37 Å². The van der Waals surface area contributed by atoms with Crippen LogP contribution in [0.2, 0.25) is 0 Å². The number of carbonyl (C=O) groups excluding carboxylic acids is 1. The van der Waals surface area contributed by atoms with Gasteiger partial charge in [-0.2, -0.15) is 0 Å². The lowest BCUT2D eigenvalue weighted by Gasteiger charge is -2.35. The molecule has 0 spiro atoms. The molecule has 1 aliphatic rings. The number of aryl methyl sites for hydroxylation is 1. The summed E-state index contributed by atoms with van der Waals surface area (Å²) < 4.78 is 21.1. The third-order valence-electron chi connectivity index (χ3n) is 6.54. The molecule has 9 nitrogen and oxygen atoms in total. The SMILES string of the molecule is CCOc1ccc(-c2nnc([C@H]3C[C@H](NC(=O)c4ccnc5cc(F)cnc45)C3)n2-c2ccc(C)s2)nc1. The first-order chi connectivity index (χ1) is 18.5. The van der Waals surface area contributed by atoms with Gasteiger partial charge in [0.15, 0.2) is 5.82 Å². The van der Waals surface area contributed by atoms with Crippen molar-refractivity contribution in [2.24, 2.45) is 0 Å². The number of amides is 1. The number of nitrogens with zero attached hydrogens (tertiary/aromatic N) is 6. The van der Waals surface area contributed by atoms with Gasteiger partial charge >= 0.3 is 0 Å². The molecule has 0 radical (unpaired) electrons. The summed E-state index contributed by atoms with van der Waals surface area (Å²) in [6.07, 6.45) is 5.71. The highest BCUT2D eigenvalue weighted by Gasteiger charge is 2.36. The highest BCUT2D eigenvalue weighted by Crippen LogP contribution is 2.39. The Bertz CT molecular complexity index is 1630. The number of halogens is 1. The van der Waals surface area contributed by atoms with Crippen LogP contribution in [0.5, 0.6) is 5.75 Å². The van der Waals surface area contributed by atoms with Crippen LogP contribution in [-0.4, -0.2) is 48.3 Å². The average Bonchev–Trinajstić information content (AvgIpc) is 3.52. The minimum absolute atomic E-state index is 0.0292. The van der Waals surface area contributed by atoms with Crippen molar-refractivity contribution in [3.63, 3.8) is 0 Å². The molecule has 1 aliphatic carbocycles. The Morgan fingerprint density at radius 3 is 2.74 bits per heavy atom. The number of rotatable bonds is 7. The summed E-state index contributed by atoms with van der Waals surface area (Å²) in [5, 5.41) is 13.2. The predicted octanol–water partition coefficient (Wildman–Crippen LogP) is 4.86. The summed E-state index contributed by atoms with van der Waals surface area (Å²) in [4.78, 5) is 27.0. The second-order valence-corrected chi connectivity index (χ2v) is 10.4. The first kappa shape index (κ1) is 24.1. The highest BCUT2D eigenvalue weighted by atomic mass is 32.1. The third-order valence-corrected chi connectivity index (χ3v) is 7.52. The van der Waals surface area contributed by atoms with Crippen LogP contribution in [0, 0.1) is 12.7 Å². The largest absolute Gasteiger partial charge is 0.492 e. The van der Waals surface area contributed by atoms with Gasteiger partial charge in [0.1, 0.15) is 33.6 Å². The van der Waals surface area contributed by atoms with E-state index < -0.39 is 5.82 Å². The van der Waals surface area contributed by atoms with Crippen LogP contribution in [0.15, 0.2) is 55.0 Å². The molecule has 0 atom stereocenters. The number of hydrogen-bond donors (Lipinski definition) is 1. The van der Waals surface area contributed by atoms with Gasteiger partial charge in [0, 0.05) is 29.1 Å². The molecule has 0 unspecified atom stereocenters. The van der Waals surface area contributed by atoms with E-state index in [1.54, 1.807) is 23.6 Å². The zero-order chi connectivity index (χ0) is 26.2. The number of nitrogens with one attached hydrogen (secondary N) is 1. The van der Waals surface area contributed by atoms with Crippen LogP contribution in [0.4, 0.5) is 4.39 Å². The topological polar surface area (TPSA) is 108 Å². The number of carbonyl (C=O) groups is 1. The van der Waals surface area contributed by atoms with E-state index in [0.717, 1.165) is 29.9 Å². The van der Waals surface area contributed by atoms with Crippen molar-refractivity contribution in [3.05, 3.63) is 77.1 Å². The molecule has 1 amide bonds. The van der Waals surface area contributed by atoms with Crippen molar-refractivity contribution in [2.45, 2.75) is 38.6 Å². The van der Waals surface area contributed by atoms with Crippen molar-refractivity contribution in [1.82, 2.24) is 35.0 Å². The summed E-state index contributed by atoms with van der Waals surface area (Å²) >= 11 is 1.66. The molecule has 1 N–H and O–H groups in total. The van der Waals surface area contributed by atoms with E-state index in [1.807, 2.05) is 19.1 Å². The van der Waals surface area contributed by atoms with E-state index in [-0.39, 0.29) is 17.9 Å². The van der Waals surface area contributed by atoms with E-state index in [9.17, 15) is 9.18 Å². The Kier molecular flexibility index (Phi) is 6.28. The molecule has 1 saturated carbocycles. The van der Waals surface area contributed by atoms with E-state index in [0.29, 0.717) is 40.5 Å². The molecular weight excluding hydrogens is 505 g/mol. The van der Waals surface area contributed by atoms with Crippen molar-refractivity contribution in [1.29, 1.82) is 0 Å². The lowest BCUT2D eigenvalue weighted by molar-refractivity contribution is 0.0908. The highest BCUT2D eigenvalue weighted by molar-refractivity contribution is 7.14. The number of aromatic nitrogens is 6. The molecule has 1 fully saturated rings. The minimum Gasteiger partial charge on any atom is -0.492 e. The number of ether oxygens (including phenoxy) is 1. The second kappa shape index (κ2) is 9.90. The Balaban J connectivity index is 1.23. The third kappa shape index (κ3) is 4.49. The van der Waals surface area contributed by atoms with Crippen molar-refractivity contribution < 1.29 is 13.9 Å². The lowest BCUT2D eigenvalue weighted by Crippen LogP contribution is -2.44. The van der Waals surface area contributed by atoms with Gasteiger partial charge in [0.05, 0.1) is 30.1 Å². The van der Waals surface area contributed by atoms with Crippen LogP contribution in [0.3, 0.4) is 0 Å². The fraction of sp³-hybridized carbons (Fsp3) is 0.259. The molecule has 5 aromatic rings. The van der Waals surface area contributed by atoms with Gasteiger partial charge in [0.25, 0.3) is 5.91 Å². The fourth-order valence-corrected chi connectivity index (χ4v) is 5.52. The summed E-state index contributed by atoms with van der Waals surface area (Å²) in [5.41, 5.74) is 1.80. The second-order valence-electron chi connectivity index (χ2n) is 9.13. The van der Waals surface area contributed by atoms with Crippen LogP contribution in [0.25, 0.3) is 27.6 Å². The first-order valence-electron chi connectivity index (χ1n) is 12.3. The molecular formula is C27H24FN7O2S. The fourth-order valence-electron chi connectivity index (χ4n) is 4.65. The molecule has 0 aliphatic heterocycles. The monoisotopic (exact) mass is 529 g/mol. The molecule has 5 aromatic heterocycles. The van der Waals surface area contributed by atoms with Gasteiger partial charge in [-0.15, -0.1) is 21.5 Å². The van der Waals surface area contributed by atoms with Crippen LogP contribution < -0.4 is 10.1 Å². The van der Waals surface area contributed by atoms with E-state index in [1.165, 1.54) is 17.1 Å². The Morgan fingerprint density at radius 2 is 2.00 bits per heavy atom. The standard InChI is InChI=1S/C27H24FN7O2S/c1-3-37-19-5-6-21(30-14-19)26-34-33-25(35(26)23-7-4-15(2)38-23)16-10-18(11-16)32-27(36)20-8-9-29-22-12-17(28)13-31-24(20)22/h4-9,12-14,16,18H,3,10-11H2,1-2H3,(H,32,36)/t16-,18-. The first-order valence-corrected chi connectivity index (χ1v) is 13.1. The van der Waals surface area contributed by atoms with Gasteiger partial charge in [0.2, 0.25) is 0 Å². The lowest BCUT2D eigenvalue weighted by atomic mass is 9.79. The summed E-state index contributed by atoms with van der Waals surface area (Å²) in [6, 6.07) is 10.7. The Morgan fingerprint density at radius 1 is 1.13 bits per heavy atom. The number of thiophene rings is 1. The predicted molar refractivity (Wildman–Crippen MR) is 141 cm³/mol. The van der Waals surface area contributed by atoms with Crippen molar-refractivity contribution in [3.8, 4) is 22.3 Å². The van der Waals surface area contributed by atoms with E-state index in [2.05, 4.69) is 54.1 Å². The smallest absolute Gasteiger partial charge is 0.253 e. The zero-order valence-corrected chi connectivity index (χ0v) is 21.6. The van der Waals surface area contributed by atoms with E-state index >= 15 is 0 Å². The maximum absolute atomic E-state index is 13.5. The average molecular weight is 530 g/mol. The normalized spacial score (nSPS) is 16.8. The molecule has 38 heavy (non-hydrogen) atoms. The quantitative estimate of drug-likeness (QED) is 0.321. The molecule has 0 saturated heterocycles. The summed E-state index contributed by atoms with van der Waals surface area (Å²) in [5.74, 6) is 1.58. The van der Waals surface area contributed by atoms with Gasteiger partial charge in [-0.3, -0.25) is 19.3 Å². The van der Waals surface area contributed by atoms with E-state index in [4.69, 9.17) is 4.74 Å². The maximum atomic E-state index is 13.5. The van der Waals surface area contributed by atoms with Gasteiger partial charge in [-0.05, 0) is 57.0 Å².